The summed E-state index contributed by atoms with van der Waals surface area (Å²) in [6.07, 6.45) is 1.61. The van der Waals surface area contributed by atoms with E-state index in [-0.39, 0.29) is 43.2 Å². The van der Waals surface area contributed by atoms with Crippen molar-refractivity contribution in [3.63, 3.8) is 0 Å². The minimum Gasteiger partial charge on any atom is -0.496 e. The van der Waals surface area contributed by atoms with Crippen LogP contribution < -0.4 is 19.5 Å². The van der Waals surface area contributed by atoms with E-state index in [1.807, 2.05) is 60.7 Å². The van der Waals surface area contributed by atoms with Crippen LogP contribution in [0.5, 0.6) is 17.2 Å². The van der Waals surface area contributed by atoms with E-state index < -0.39 is 6.16 Å². The maximum Gasteiger partial charge on any atom is 0.508 e. The van der Waals surface area contributed by atoms with Gasteiger partial charge in [0.2, 0.25) is 0 Å². The highest BCUT2D eigenvalue weighted by molar-refractivity contribution is 5.89. The fourth-order valence-electron chi connectivity index (χ4n) is 6.61. The summed E-state index contributed by atoms with van der Waals surface area (Å²) in [5, 5.41) is 22.5. The molecule has 0 aliphatic carbocycles. The molecule has 0 saturated carbocycles. The minimum atomic E-state index is -0.733. The molecule has 1 heterocycles. The molecule has 292 valence electrons. The van der Waals surface area contributed by atoms with Crippen LogP contribution in [-0.2, 0) is 37.0 Å². The summed E-state index contributed by atoms with van der Waals surface area (Å²) in [5.41, 5.74) is 3.06. The lowest BCUT2D eigenvalue weighted by Crippen LogP contribution is -2.48. The first-order chi connectivity index (χ1) is 26.4. The summed E-state index contributed by atoms with van der Waals surface area (Å²) in [7, 11) is 3.33. The highest BCUT2D eigenvalue weighted by Crippen LogP contribution is 2.35. The van der Waals surface area contributed by atoms with Crippen molar-refractivity contribution in [3.05, 3.63) is 102 Å². The number of carbonyl (C=O) groups excluding carboxylic acids is 1. The van der Waals surface area contributed by atoms with Gasteiger partial charge in [0.15, 0.2) is 0 Å². The summed E-state index contributed by atoms with van der Waals surface area (Å²) in [5.74, 6) is 2.19. The van der Waals surface area contributed by atoms with Gasteiger partial charge in [-0.1, -0.05) is 54.6 Å². The van der Waals surface area contributed by atoms with E-state index in [9.17, 15) is 4.79 Å². The maximum atomic E-state index is 12.5. The Labute approximate surface area is 316 Å². The van der Waals surface area contributed by atoms with Crippen molar-refractivity contribution in [2.24, 2.45) is 5.92 Å². The Morgan fingerprint density at radius 3 is 2.37 bits per heavy atom. The second kappa shape index (κ2) is 22.0. The van der Waals surface area contributed by atoms with Crippen molar-refractivity contribution < 1.29 is 53.2 Å². The van der Waals surface area contributed by atoms with Crippen molar-refractivity contribution >= 4 is 16.9 Å². The van der Waals surface area contributed by atoms with Gasteiger partial charge in [-0.2, -0.15) is 0 Å². The first-order valence-corrected chi connectivity index (χ1v) is 18.4. The molecular weight excluding hydrogens is 696 g/mol. The molecule has 0 bridgehead atoms. The maximum absolute atomic E-state index is 12.5. The molecule has 13 nitrogen and oxygen atoms in total. The van der Waals surface area contributed by atoms with Gasteiger partial charge in [-0.25, -0.2) is 4.79 Å². The van der Waals surface area contributed by atoms with E-state index in [1.165, 1.54) is 0 Å². The summed E-state index contributed by atoms with van der Waals surface area (Å²) < 4.78 is 40.5. The SMILES string of the molecule is COc1ccccc1COCCCOc1ccc(C2C(COC(=O)OCCCCCON(O)O)CNCC2OCc2cc(OC)c3ccccc3c2)cc1. The molecule has 0 aromatic heterocycles. The van der Waals surface area contributed by atoms with Gasteiger partial charge in [0.25, 0.3) is 0 Å². The van der Waals surface area contributed by atoms with E-state index in [1.54, 1.807) is 14.2 Å². The van der Waals surface area contributed by atoms with Crippen molar-refractivity contribution in [3.8, 4) is 17.2 Å². The summed E-state index contributed by atoms with van der Waals surface area (Å²) in [4.78, 5) is 17.1. The largest absolute Gasteiger partial charge is 0.508 e. The number of nitrogens with one attached hydrogen (secondary N) is 1. The fraction of sp³-hybridized carbons (Fsp3) is 0.439. The summed E-state index contributed by atoms with van der Waals surface area (Å²) in [6.45, 7) is 3.63. The molecule has 1 aliphatic heterocycles. The van der Waals surface area contributed by atoms with Gasteiger partial charge in [-0.15, -0.1) is 0 Å². The zero-order valence-electron chi connectivity index (χ0n) is 31.0. The summed E-state index contributed by atoms with van der Waals surface area (Å²) >= 11 is 0. The monoisotopic (exact) mass is 748 g/mol. The molecule has 4 aromatic carbocycles. The number of unbranched alkanes of at least 4 members (excludes halogenated alkanes) is 2. The van der Waals surface area contributed by atoms with Crippen LogP contribution in [0.25, 0.3) is 10.8 Å². The standard InChI is InChI=1S/C41H52N2O11/c1-47-37-14-7-5-12-33(37)28-49-19-10-21-50-35-17-15-31(16-18-35)40-34(29-53-41(44)51-20-8-3-9-22-54-43(45)46)25-42-26-39(40)52-27-30-23-32-11-4-6-13-36(32)38(24-30)48-2/h4-7,11-18,23-24,34,39-40,42,45-46H,3,8-10,19-22,25-29H2,1-2H3. The molecule has 4 aromatic rings. The van der Waals surface area contributed by atoms with Gasteiger partial charge < -0.3 is 38.5 Å². The molecule has 13 heteroatoms. The van der Waals surface area contributed by atoms with Crippen LogP contribution in [0.2, 0.25) is 0 Å². The number of methoxy groups -OCH3 is 2. The van der Waals surface area contributed by atoms with Gasteiger partial charge in [0.05, 0.1) is 72.0 Å². The van der Waals surface area contributed by atoms with Crippen LogP contribution in [0.4, 0.5) is 4.79 Å². The van der Waals surface area contributed by atoms with Crippen LogP contribution in [-0.4, -0.2) is 88.4 Å². The molecular formula is C41H52N2O11. The Morgan fingerprint density at radius 2 is 1.56 bits per heavy atom. The molecule has 3 atom stereocenters. The Morgan fingerprint density at radius 1 is 0.778 bits per heavy atom. The molecule has 0 spiro atoms. The van der Waals surface area contributed by atoms with Crippen molar-refractivity contribution in [2.45, 2.75) is 50.9 Å². The Kier molecular flexibility index (Phi) is 16.6. The van der Waals surface area contributed by atoms with Gasteiger partial charge in [-0.05, 0) is 66.1 Å². The van der Waals surface area contributed by atoms with E-state index in [2.05, 4.69) is 34.4 Å². The third-order valence-electron chi connectivity index (χ3n) is 9.28. The van der Waals surface area contributed by atoms with Gasteiger partial charge in [-0.3, -0.25) is 15.3 Å². The normalized spacial score (nSPS) is 17.0. The number of ether oxygens (including phenoxy) is 7. The number of carbonyl (C=O) groups is 1. The zero-order valence-corrected chi connectivity index (χ0v) is 31.0. The van der Waals surface area contributed by atoms with Crippen molar-refractivity contribution in [1.82, 2.24) is 10.7 Å². The topological polar surface area (TPSA) is 147 Å². The molecule has 1 fully saturated rings. The Bertz CT molecular complexity index is 1700. The number of para-hydroxylation sites is 1. The molecule has 3 unspecified atom stereocenters. The highest BCUT2D eigenvalue weighted by atomic mass is 17.1. The fourth-order valence-corrected chi connectivity index (χ4v) is 6.61. The second-order valence-electron chi connectivity index (χ2n) is 13.0. The van der Waals surface area contributed by atoms with Crippen molar-refractivity contribution in [1.29, 1.82) is 0 Å². The van der Waals surface area contributed by atoms with Crippen LogP contribution in [0.1, 0.15) is 48.3 Å². The van der Waals surface area contributed by atoms with Crippen molar-refractivity contribution in [2.75, 3.05) is 60.3 Å². The quantitative estimate of drug-likeness (QED) is 0.0428. The third-order valence-corrected chi connectivity index (χ3v) is 9.28. The van der Waals surface area contributed by atoms with Crippen LogP contribution in [0.15, 0.2) is 84.9 Å². The van der Waals surface area contributed by atoms with Gasteiger partial charge >= 0.3 is 6.16 Å². The lowest BCUT2D eigenvalue weighted by molar-refractivity contribution is -0.492. The number of hydrogen-bond acceptors (Lipinski definition) is 13. The number of fused-ring (bicyclic) bond motifs is 1. The molecule has 54 heavy (non-hydrogen) atoms. The smallest absolute Gasteiger partial charge is 0.496 e. The van der Waals surface area contributed by atoms with E-state index >= 15 is 0 Å². The number of hydrogen-bond donors (Lipinski definition) is 3. The van der Waals surface area contributed by atoms with E-state index in [0.29, 0.717) is 58.8 Å². The number of piperidine rings is 1. The van der Waals surface area contributed by atoms with E-state index in [4.69, 9.17) is 43.6 Å². The molecule has 0 amide bonds. The predicted octanol–water partition coefficient (Wildman–Crippen LogP) is 7.07. The minimum absolute atomic E-state index is 0.0866. The van der Waals surface area contributed by atoms with Crippen LogP contribution in [0.3, 0.4) is 0 Å². The molecule has 1 saturated heterocycles. The first kappa shape index (κ1) is 40.7. The molecule has 5 rings (SSSR count). The third kappa shape index (κ3) is 12.6. The number of nitrogens with zero attached hydrogens (tertiary/aromatic N) is 1. The highest BCUT2D eigenvalue weighted by Gasteiger charge is 2.36. The Balaban J connectivity index is 1.17. The molecule has 1 aliphatic rings. The predicted molar refractivity (Wildman–Crippen MR) is 200 cm³/mol. The average molecular weight is 749 g/mol. The number of benzene rings is 4. The number of rotatable bonds is 22. The zero-order chi connectivity index (χ0) is 38.0. The van der Waals surface area contributed by atoms with Gasteiger partial charge in [0, 0.05) is 42.3 Å². The van der Waals surface area contributed by atoms with Crippen LogP contribution >= 0.6 is 0 Å². The lowest BCUT2D eigenvalue weighted by Gasteiger charge is -2.38. The van der Waals surface area contributed by atoms with E-state index in [0.717, 1.165) is 51.1 Å². The second-order valence-corrected chi connectivity index (χ2v) is 13.0. The first-order valence-electron chi connectivity index (χ1n) is 18.4. The van der Waals surface area contributed by atoms with Crippen LogP contribution in [0, 0.1) is 5.92 Å². The summed E-state index contributed by atoms with van der Waals surface area (Å²) in [6, 6.07) is 28.1. The molecule has 3 N–H and O–H groups in total. The average Bonchev–Trinajstić information content (AvgIpc) is 3.20. The molecule has 0 radical (unpaired) electrons. The lowest BCUT2D eigenvalue weighted by atomic mass is 9.79. The Hall–Kier alpha value is -4.47. The van der Waals surface area contributed by atoms with Gasteiger partial charge in [0.1, 0.15) is 17.2 Å².